The number of nitrogens with zero attached hydrogens (tertiary/aromatic N) is 5. The van der Waals surface area contributed by atoms with E-state index in [1.807, 2.05) is 38.8 Å². The minimum atomic E-state index is -0.687. The minimum absolute atomic E-state index is 0.482. The number of pyridine rings is 1. The molecule has 8 heteroatoms. The third-order valence-electron chi connectivity index (χ3n) is 4.37. The van der Waals surface area contributed by atoms with Gasteiger partial charge in [-0.15, -0.1) is 11.3 Å². The molecule has 0 saturated carbocycles. The van der Waals surface area contributed by atoms with Crippen molar-refractivity contribution in [2.24, 2.45) is 4.99 Å². The van der Waals surface area contributed by atoms with Gasteiger partial charge >= 0.3 is 0 Å². The Labute approximate surface area is 151 Å². The maximum atomic E-state index is 9.46. The monoisotopic (exact) mass is 356 g/mol. The number of thiophene rings is 1. The summed E-state index contributed by atoms with van der Waals surface area (Å²) in [7, 11) is 3.48. The first-order valence-electron chi connectivity index (χ1n) is 7.72. The summed E-state index contributed by atoms with van der Waals surface area (Å²) in [6, 6.07) is 5.96. The Hall–Kier alpha value is -2.79. The second-order valence-electron chi connectivity index (χ2n) is 6.00. The fourth-order valence-electron chi connectivity index (χ4n) is 3.05. The molecular weight excluding hydrogens is 336 g/mol. The van der Waals surface area contributed by atoms with Crippen LogP contribution in [0.5, 0.6) is 5.88 Å². The summed E-state index contributed by atoms with van der Waals surface area (Å²) in [4.78, 5) is 14.0. The third-order valence-corrected chi connectivity index (χ3v) is 5.41. The number of rotatable bonds is 4. The van der Waals surface area contributed by atoms with Crippen molar-refractivity contribution in [1.29, 1.82) is 5.26 Å². The Kier molecular flexibility index (Phi) is 4.05. The van der Waals surface area contributed by atoms with Crippen molar-refractivity contribution in [3.63, 3.8) is 0 Å². The Morgan fingerprint density at radius 3 is 2.72 bits per heavy atom. The van der Waals surface area contributed by atoms with Gasteiger partial charge in [0.1, 0.15) is 16.9 Å². The highest BCUT2D eigenvalue weighted by Gasteiger charge is 2.47. The van der Waals surface area contributed by atoms with Gasteiger partial charge in [-0.25, -0.2) is 9.98 Å². The number of nitriles is 1. The van der Waals surface area contributed by atoms with Gasteiger partial charge in [0.15, 0.2) is 0 Å². The minimum Gasteiger partial charge on any atom is -0.481 e. The van der Waals surface area contributed by atoms with Crippen LogP contribution in [0.15, 0.2) is 23.3 Å². The van der Waals surface area contributed by atoms with E-state index in [0.717, 1.165) is 21.4 Å². The fourth-order valence-corrected chi connectivity index (χ4v) is 4.14. The Morgan fingerprint density at radius 2 is 2.12 bits per heavy atom. The molecular formula is C17H20N6OS. The van der Waals surface area contributed by atoms with Gasteiger partial charge in [-0.1, -0.05) is 0 Å². The number of anilines is 3. The number of hydrogen-bond donors (Lipinski definition) is 1. The molecule has 1 atom stereocenters. The molecule has 0 amide bonds. The SMILES string of the molecule is COc1cc(N(C)C2(C)N=C(C)N2c2sc(C)cc2C#N)c(N)cn1. The molecule has 1 aliphatic rings. The fraction of sp³-hybridized carbons (Fsp3) is 0.353. The van der Waals surface area contributed by atoms with Gasteiger partial charge in [-0.2, -0.15) is 5.26 Å². The lowest BCUT2D eigenvalue weighted by Crippen LogP contribution is -2.66. The average molecular weight is 356 g/mol. The standard InChI is InChI=1S/C17H20N6OS/c1-10-6-12(8-18)16(25-10)23-11(2)21-17(23,3)22(4)14-7-15(24-5)20-9-13(14)19/h6-7,9H,19H2,1-5H3. The molecule has 0 saturated heterocycles. The van der Waals surface area contributed by atoms with E-state index >= 15 is 0 Å². The maximum absolute atomic E-state index is 9.46. The summed E-state index contributed by atoms with van der Waals surface area (Å²) in [5, 5.41) is 10.3. The molecule has 7 nitrogen and oxygen atoms in total. The lowest BCUT2D eigenvalue weighted by molar-refractivity contribution is 0.396. The van der Waals surface area contributed by atoms with Crippen LogP contribution < -0.4 is 20.3 Å². The van der Waals surface area contributed by atoms with Crippen molar-refractivity contribution in [3.05, 3.63) is 28.8 Å². The predicted molar refractivity (Wildman–Crippen MR) is 101 cm³/mol. The van der Waals surface area contributed by atoms with E-state index < -0.39 is 5.79 Å². The number of nitrogen functional groups attached to an aromatic ring is 1. The van der Waals surface area contributed by atoms with Crippen LogP contribution >= 0.6 is 11.3 Å². The lowest BCUT2D eigenvalue weighted by atomic mass is 10.1. The van der Waals surface area contributed by atoms with E-state index in [0.29, 0.717) is 17.1 Å². The van der Waals surface area contributed by atoms with E-state index in [4.69, 9.17) is 15.5 Å². The maximum Gasteiger partial charge on any atom is 0.215 e. The largest absolute Gasteiger partial charge is 0.481 e. The summed E-state index contributed by atoms with van der Waals surface area (Å²) in [5.41, 5.74) is 8.07. The summed E-state index contributed by atoms with van der Waals surface area (Å²) in [6.07, 6.45) is 1.57. The number of nitrogens with two attached hydrogens (primary N) is 1. The molecule has 3 heterocycles. The van der Waals surface area contributed by atoms with Crippen molar-refractivity contribution in [2.45, 2.75) is 26.6 Å². The molecule has 0 aromatic carbocycles. The van der Waals surface area contributed by atoms with Crippen molar-refractivity contribution in [1.82, 2.24) is 4.98 Å². The second kappa shape index (κ2) is 5.93. The van der Waals surface area contributed by atoms with Crippen LogP contribution in [0, 0.1) is 18.3 Å². The Morgan fingerprint density at radius 1 is 1.40 bits per heavy atom. The van der Waals surface area contributed by atoms with Crippen molar-refractivity contribution in [2.75, 3.05) is 29.7 Å². The number of methoxy groups -OCH3 is 1. The number of ether oxygens (including phenoxy) is 1. The van der Waals surface area contributed by atoms with Gasteiger partial charge in [0, 0.05) is 18.0 Å². The molecule has 0 fully saturated rings. The van der Waals surface area contributed by atoms with Crippen LogP contribution in [0.4, 0.5) is 16.4 Å². The van der Waals surface area contributed by atoms with Crippen LogP contribution in [0.2, 0.25) is 0 Å². The average Bonchev–Trinajstić information content (AvgIpc) is 2.93. The van der Waals surface area contributed by atoms with Gasteiger partial charge in [-0.3, -0.25) is 4.90 Å². The molecule has 0 aliphatic carbocycles. The van der Waals surface area contributed by atoms with Gasteiger partial charge in [0.25, 0.3) is 0 Å². The molecule has 2 N–H and O–H groups in total. The van der Waals surface area contributed by atoms with E-state index in [1.165, 1.54) is 0 Å². The Bertz CT molecular complexity index is 899. The number of aryl methyl sites for hydroxylation is 1. The molecule has 0 bridgehead atoms. The first-order valence-corrected chi connectivity index (χ1v) is 8.54. The molecule has 1 aliphatic heterocycles. The normalized spacial score (nSPS) is 19.0. The summed E-state index contributed by atoms with van der Waals surface area (Å²) in [6.45, 7) is 5.92. The predicted octanol–water partition coefficient (Wildman–Crippen LogP) is 2.96. The number of aromatic nitrogens is 1. The van der Waals surface area contributed by atoms with Crippen LogP contribution in [-0.2, 0) is 0 Å². The van der Waals surface area contributed by atoms with Crippen molar-refractivity contribution < 1.29 is 4.74 Å². The molecule has 3 rings (SSSR count). The van der Waals surface area contributed by atoms with Crippen LogP contribution in [-0.4, -0.2) is 30.8 Å². The molecule has 2 aromatic rings. The van der Waals surface area contributed by atoms with Gasteiger partial charge < -0.3 is 15.4 Å². The van der Waals surface area contributed by atoms with Gasteiger partial charge in [0.05, 0.1) is 30.2 Å². The molecule has 2 aromatic heterocycles. The number of aliphatic imine (C=N–C) groups is 1. The quantitative estimate of drug-likeness (QED) is 0.906. The van der Waals surface area contributed by atoms with E-state index in [1.54, 1.807) is 30.7 Å². The first-order chi connectivity index (χ1) is 11.8. The molecule has 0 radical (unpaired) electrons. The molecule has 25 heavy (non-hydrogen) atoms. The zero-order valence-corrected chi connectivity index (χ0v) is 15.7. The van der Waals surface area contributed by atoms with E-state index in [2.05, 4.69) is 16.0 Å². The first kappa shape index (κ1) is 17.0. The summed E-state index contributed by atoms with van der Waals surface area (Å²) in [5.74, 6) is 0.649. The highest BCUT2D eigenvalue weighted by Crippen LogP contribution is 2.44. The molecule has 0 spiro atoms. The zero-order valence-electron chi connectivity index (χ0n) is 14.9. The molecule has 130 valence electrons. The van der Waals surface area contributed by atoms with Crippen molar-refractivity contribution >= 4 is 33.5 Å². The summed E-state index contributed by atoms with van der Waals surface area (Å²) >= 11 is 1.58. The topological polar surface area (TPSA) is 90.8 Å². The molecule has 1 unspecified atom stereocenters. The third kappa shape index (κ3) is 2.57. The number of amidine groups is 1. The van der Waals surface area contributed by atoms with Crippen LogP contribution in [0.25, 0.3) is 0 Å². The van der Waals surface area contributed by atoms with Gasteiger partial charge in [-0.05, 0) is 26.8 Å². The number of hydrogen-bond acceptors (Lipinski definition) is 8. The van der Waals surface area contributed by atoms with Crippen LogP contribution in [0.3, 0.4) is 0 Å². The Balaban J connectivity index is 2.05. The summed E-state index contributed by atoms with van der Waals surface area (Å²) < 4.78 is 5.21. The highest BCUT2D eigenvalue weighted by atomic mass is 32.1. The van der Waals surface area contributed by atoms with Crippen LogP contribution in [0.1, 0.15) is 24.3 Å². The highest BCUT2D eigenvalue weighted by molar-refractivity contribution is 7.16. The smallest absolute Gasteiger partial charge is 0.215 e. The van der Waals surface area contributed by atoms with E-state index in [-0.39, 0.29) is 0 Å². The van der Waals surface area contributed by atoms with Crippen molar-refractivity contribution in [3.8, 4) is 11.9 Å². The lowest BCUT2D eigenvalue weighted by Gasteiger charge is -2.52. The van der Waals surface area contributed by atoms with E-state index in [9.17, 15) is 5.26 Å². The zero-order chi connectivity index (χ0) is 18.4. The van der Waals surface area contributed by atoms with Gasteiger partial charge in [0.2, 0.25) is 11.7 Å². The second-order valence-corrected chi connectivity index (χ2v) is 7.23.